The molecule has 0 spiro atoms. The van der Waals surface area contributed by atoms with E-state index < -0.39 is 23.5 Å². The number of ether oxygens (including phenoxy) is 1. The highest BCUT2D eigenvalue weighted by molar-refractivity contribution is 8.22. The molecule has 0 bridgehead atoms. The maximum atomic E-state index is 13.5. The highest BCUT2D eigenvalue weighted by atomic mass is 32.4. The monoisotopic (exact) mass is 493 g/mol. The van der Waals surface area contributed by atoms with Crippen LogP contribution in [-0.2, 0) is 26.1 Å². The zero-order valence-corrected chi connectivity index (χ0v) is 21.8. The molecule has 178 valence electrons. The van der Waals surface area contributed by atoms with E-state index in [-0.39, 0.29) is 18.0 Å². The Morgan fingerprint density at radius 3 is 1.71 bits per heavy atom. The molecule has 0 fully saturated rings. The quantitative estimate of drug-likeness (QED) is 0.356. The van der Waals surface area contributed by atoms with E-state index in [1.54, 1.807) is 0 Å². The molecule has 3 rings (SSSR count). The molecule has 0 saturated heterocycles. The first kappa shape index (κ1) is 25.9. The van der Waals surface area contributed by atoms with Gasteiger partial charge >= 0.3 is 5.97 Å². The predicted molar refractivity (Wildman–Crippen MR) is 144 cm³/mol. The van der Waals surface area contributed by atoms with E-state index in [0.717, 1.165) is 16.2 Å². The largest absolute Gasteiger partial charge is 0.467 e. The van der Waals surface area contributed by atoms with Crippen molar-refractivity contribution in [1.29, 1.82) is 0 Å². The van der Waals surface area contributed by atoms with E-state index in [1.807, 2.05) is 87.5 Å². The summed E-state index contributed by atoms with van der Waals surface area (Å²) in [4.78, 5) is 25.9. The van der Waals surface area contributed by atoms with E-state index >= 15 is 0 Å². The Morgan fingerprint density at radius 1 is 0.853 bits per heavy atom. The second-order valence-electron chi connectivity index (χ2n) is 9.35. The maximum Gasteiger partial charge on any atom is 0.328 e. The normalized spacial score (nSPS) is 13.5. The Bertz CT molecular complexity index is 1100. The average molecular weight is 494 g/mol. The molecule has 2 atom stereocenters. The van der Waals surface area contributed by atoms with Crippen LogP contribution in [0.2, 0.25) is 0 Å². The van der Waals surface area contributed by atoms with Crippen LogP contribution >= 0.6 is 6.04 Å². The van der Waals surface area contributed by atoms with E-state index in [9.17, 15) is 9.59 Å². The summed E-state index contributed by atoms with van der Waals surface area (Å²) in [5, 5.41) is 5.05. The molecule has 6 heteroatoms. The van der Waals surface area contributed by atoms with Gasteiger partial charge in [-0.2, -0.15) is 0 Å². The summed E-state index contributed by atoms with van der Waals surface area (Å²) in [6, 6.07) is 26.9. The standard InChI is InChI=1S/C28H32NO3PS/c1-28(2,3)26(27(31)32-4)29-25(30)20-24(21-14-8-5-9-15-21)33(34,22-16-10-6-11-17-22)23-18-12-7-13-19-23/h5-19,24,26H,20H2,1-4H3,(H,29,30)/t24-,26-/m1/s1. The molecule has 0 aliphatic rings. The van der Waals surface area contributed by atoms with Crippen LogP contribution in [0, 0.1) is 5.41 Å². The third kappa shape index (κ3) is 5.84. The minimum absolute atomic E-state index is 0.161. The molecule has 0 aromatic heterocycles. The molecule has 3 aromatic carbocycles. The summed E-state index contributed by atoms with van der Waals surface area (Å²) in [7, 11) is 1.34. The summed E-state index contributed by atoms with van der Waals surface area (Å²) in [5.41, 5.74) is 0.273. The Balaban J connectivity index is 2.09. The zero-order valence-electron chi connectivity index (χ0n) is 20.1. The van der Waals surface area contributed by atoms with Crippen LogP contribution in [0.15, 0.2) is 91.0 Å². The van der Waals surface area contributed by atoms with Gasteiger partial charge in [0.25, 0.3) is 0 Å². The molecule has 3 aromatic rings. The number of hydrogen-bond donors (Lipinski definition) is 1. The lowest BCUT2D eigenvalue weighted by Crippen LogP contribution is -2.50. The Kier molecular flexibility index (Phi) is 8.46. The van der Waals surface area contributed by atoms with Crippen molar-refractivity contribution in [3.05, 3.63) is 96.6 Å². The number of methoxy groups -OCH3 is 1. The molecule has 0 aliphatic carbocycles. The summed E-state index contributed by atoms with van der Waals surface area (Å²) < 4.78 is 4.97. The molecule has 0 unspecified atom stereocenters. The SMILES string of the molecule is COC(=O)[C@@H](NC(=O)C[C@H](c1ccccc1)P(=S)(c1ccccc1)c1ccccc1)C(C)(C)C. The molecular formula is C28H32NO3PS. The fourth-order valence-corrected chi connectivity index (χ4v) is 8.66. The van der Waals surface area contributed by atoms with E-state index in [1.165, 1.54) is 7.11 Å². The number of carbonyl (C=O) groups excluding carboxylic acids is 2. The van der Waals surface area contributed by atoms with Crippen molar-refractivity contribution in [2.24, 2.45) is 5.41 Å². The van der Waals surface area contributed by atoms with Crippen LogP contribution in [0.3, 0.4) is 0 Å². The molecule has 0 saturated carbocycles. The lowest BCUT2D eigenvalue weighted by Gasteiger charge is -2.34. The van der Waals surface area contributed by atoms with E-state index in [2.05, 4.69) is 29.6 Å². The van der Waals surface area contributed by atoms with Gasteiger partial charge in [-0.05, 0) is 21.6 Å². The van der Waals surface area contributed by atoms with Crippen LogP contribution in [0.4, 0.5) is 0 Å². The number of rotatable bonds is 8. The second-order valence-corrected chi connectivity index (χ2v) is 14.0. The van der Waals surface area contributed by atoms with Crippen molar-refractivity contribution in [3.8, 4) is 0 Å². The summed E-state index contributed by atoms with van der Waals surface area (Å²) in [5.74, 6) is -0.678. The van der Waals surface area contributed by atoms with Crippen molar-refractivity contribution in [3.63, 3.8) is 0 Å². The van der Waals surface area contributed by atoms with Crippen molar-refractivity contribution in [1.82, 2.24) is 5.32 Å². The van der Waals surface area contributed by atoms with Gasteiger partial charge in [0.1, 0.15) is 6.04 Å². The third-order valence-corrected chi connectivity index (χ3v) is 11.4. The molecule has 4 nitrogen and oxygen atoms in total. The van der Waals surface area contributed by atoms with Gasteiger partial charge in [-0.25, -0.2) is 4.79 Å². The first-order chi connectivity index (χ1) is 16.2. The van der Waals surface area contributed by atoms with Crippen LogP contribution in [0.1, 0.15) is 38.4 Å². The summed E-state index contributed by atoms with van der Waals surface area (Å²) >= 11 is 6.56. The summed E-state index contributed by atoms with van der Waals surface area (Å²) in [6.07, 6.45) is 0.161. The van der Waals surface area contributed by atoms with Gasteiger partial charge in [0, 0.05) is 18.1 Å². The van der Waals surface area contributed by atoms with Crippen molar-refractivity contribution in [2.75, 3.05) is 7.11 Å². The lowest BCUT2D eigenvalue weighted by atomic mass is 9.86. The molecule has 0 radical (unpaired) electrons. The van der Waals surface area contributed by atoms with Gasteiger partial charge in [0.05, 0.1) is 7.11 Å². The molecule has 1 amide bonds. The van der Waals surface area contributed by atoms with Crippen molar-refractivity contribution in [2.45, 2.75) is 38.9 Å². The van der Waals surface area contributed by atoms with Gasteiger partial charge in [-0.3, -0.25) is 4.79 Å². The van der Waals surface area contributed by atoms with E-state index in [4.69, 9.17) is 16.5 Å². The van der Waals surface area contributed by atoms with Gasteiger partial charge in [-0.1, -0.05) is 124 Å². The number of amides is 1. The second kappa shape index (κ2) is 11.1. The molecule has 0 heterocycles. The Hall–Kier alpha value is -2.75. The predicted octanol–water partition coefficient (Wildman–Crippen LogP) is 4.95. The Morgan fingerprint density at radius 2 is 1.29 bits per heavy atom. The number of nitrogens with one attached hydrogen (secondary N) is 1. The van der Waals surface area contributed by atoms with Crippen LogP contribution in [-0.4, -0.2) is 25.0 Å². The minimum Gasteiger partial charge on any atom is -0.467 e. The van der Waals surface area contributed by atoms with Crippen molar-refractivity contribution >= 4 is 40.3 Å². The molecule has 1 N–H and O–H groups in total. The average Bonchev–Trinajstić information content (AvgIpc) is 2.86. The lowest BCUT2D eigenvalue weighted by molar-refractivity contribution is -0.148. The van der Waals surface area contributed by atoms with Gasteiger partial charge in [0.2, 0.25) is 5.91 Å². The first-order valence-electron chi connectivity index (χ1n) is 11.3. The number of carbonyl (C=O) groups is 2. The van der Waals surface area contributed by atoms with Gasteiger partial charge in [0.15, 0.2) is 0 Å². The number of esters is 1. The minimum atomic E-state index is -2.47. The highest BCUT2D eigenvalue weighted by Gasteiger charge is 2.38. The first-order valence-corrected chi connectivity index (χ1v) is 14.2. The van der Waals surface area contributed by atoms with E-state index in [0.29, 0.717) is 0 Å². The summed E-state index contributed by atoms with van der Waals surface area (Å²) in [6.45, 7) is 5.71. The fourth-order valence-electron chi connectivity index (χ4n) is 4.08. The number of benzene rings is 3. The van der Waals surface area contributed by atoms with Gasteiger partial charge in [-0.15, -0.1) is 0 Å². The van der Waals surface area contributed by atoms with Gasteiger partial charge < -0.3 is 10.1 Å². The smallest absolute Gasteiger partial charge is 0.328 e. The Labute approximate surface area is 207 Å². The third-order valence-electron chi connectivity index (χ3n) is 5.89. The highest BCUT2D eigenvalue weighted by Crippen LogP contribution is 2.59. The fraction of sp³-hybridized carbons (Fsp3) is 0.286. The topological polar surface area (TPSA) is 55.4 Å². The zero-order chi connectivity index (χ0) is 24.8. The molecule has 0 aliphatic heterocycles. The van der Waals surface area contributed by atoms with Crippen LogP contribution < -0.4 is 15.9 Å². The van der Waals surface area contributed by atoms with Crippen LogP contribution in [0.25, 0.3) is 0 Å². The molecular weight excluding hydrogens is 461 g/mol. The number of hydrogen-bond acceptors (Lipinski definition) is 4. The van der Waals surface area contributed by atoms with Crippen molar-refractivity contribution < 1.29 is 14.3 Å². The maximum absolute atomic E-state index is 13.5. The van der Waals surface area contributed by atoms with Crippen LogP contribution in [0.5, 0.6) is 0 Å². The molecule has 34 heavy (non-hydrogen) atoms.